The first-order chi connectivity index (χ1) is 10.8. The Bertz CT molecular complexity index is 636. The van der Waals surface area contributed by atoms with Gasteiger partial charge in [0.15, 0.2) is 0 Å². The molecule has 22 heavy (non-hydrogen) atoms. The van der Waals surface area contributed by atoms with Crippen LogP contribution < -0.4 is 0 Å². The van der Waals surface area contributed by atoms with E-state index in [1.807, 2.05) is 6.92 Å². The highest BCUT2D eigenvalue weighted by atomic mass is 16.4. The largest absolute Gasteiger partial charge is 0.467 e. The molecule has 0 aliphatic carbocycles. The summed E-state index contributed by atoms with van der Waals surface area (Å²) in [4.78, 5) is 11.5. The minimum absolute atomic E-state index is 0.153. The summed E-state index contributed by atoms with van der Waals surface area (Å²) in [7, 11) is 0. The van der Waals surface area contributed by atoms with Crippen LogP contribution >= 0.6 is 0 Å². The quantitative estimate of drug-likeness (QED) is 0.525. The maximum atomic E-state index is 11.5. The summed E-state index contributed by atoms with van der Waals surface area (Å²) in [5, 5.41) is 17.5. The van der Waals surface area contributed by atoms with Crippen molar-refractivity contribution >= 4 is 5.71 Å². The summed E-state index contributed by atoms with van der Waals surface area (Å²) in [6.45, 7) is 1.97. The molecule has 0 saturated carbocycles. The Labute approximate surface area is 127 Å². The predicted octanol–water partition coefficient (Wildman–Crippen LogP) is 3.90. The van der Waals surface area contributed by atoms with Gasteiger partial charge >= 0.3 is 0 Å². The van der Waals surface area contributed by atoms with Gasteiger partial charge < -0.3 is 14.0 Å². The first kappa shape index (κ1) is 14.4. The third kappa shape index (κ3) is 2.28. The Morgan fingerprint density at radius 2 is 1.95 bits per heavy atom. The smallest absolute Gasteiger partial charge is 0.128 e. The number of rotatable bonds is 4. The van der Waals surface area contributed by atoms with Crippen molar-refractivity contribution in [2.24, 2.45) is 16.4 Å². The fourth-order valence-electron chi connectivity index (χ4n) is 3.19. The Balaban J connectivity index is 2.07. The number of oxime groups is 1. The highest BCUT2D eigenvalue weighted by Crippen LogP contribution is 2.45. The Morgan fingerprint density at radius 3 is 2.45 bits per heavy atom. The van der Waals surface area contributed by atoms with Crippen LogP contribution in [0, 0.1) is 10.8 Å². The van der Waals surface area contributed by atoms with Crippen molar-refractivity contribution in [2.45, 2.75) is 31.8 Å². The second-order valence-corrected chi connectivity index (χ2v) is 5.26. The zero-order valence-electron chi connectivity index (χ0n) is 12.1. The predicted molar refractivity (Wildman–Crippen MR) is 78.2 cm³/mol. The number of hydrogen-bond acceptors (Lipinski definition) is 6. The van der Waals surface area contributed by atoms with Crippen molar-refractivity contribution in [1.29, 1.82) is 0 Å². The molecule has 0 radical (unpaired) electrons. The molecule has 1 fully saturated rings. The molecule has 1 N–H and O–H groups in total. The molecule has 7 heteroatoms. The molecule has 2 aromatic heterocycles. The van der Waals surface area contributed by atoms with Crippen molar-refractivity contribution in [3.8, 4) is 0 Å². The van der Waals surface area contributed by atoms with Crippen molar-refractivity contribution in [3.05, 3.63) is 53.2 Å². The highest BCUT2D eigenvalue weighted by Gasteiger charge is 2.45. The average Bonchev–Trinajstić information content (AvgIpc) is 3.25. The second-order valence-electron chi connectivity index (χ2n) is 5.26. The van der Waals surface area contributed by atoms with Gasteiger partial charge in [0.05, 0.1) is 23.5 Å². The maximum absolute atomic E-state index is 11.5. The van der Waals surface area contributed by atoms with Crippen LogP contribution in [0.15, 0.2) is 56.1 Å². The zero-order valence-corrected chi connectivity index (χ0v) is 12.1. The standard InChI is InChI=1S/C15H17N3O4/c1-2-10-11(16-19)9-12(13-5-3-7-21-13)18(17-20)15(10)14-6-4-8-22-14/h3-8,10,12,15,19H,2,9H2,1H3/b16-11-. The summed E-state index contributed by atoms with van der Waals surface area (Å²) < 4.78 is 10.9. The van der Waals surface area contributed by atoms with E-state index in [4.69, 9.17) is 8.83 Å². The summed E-state index contributed by atoms with van der Waals surface area (Å²) in [5.74, 6) is 1.07. The SMILES string of the molecule is CCC1/C(=N\O)CC(c2ccco2)N(N=O)C1c1ccco1. The van der Waals surface area contributed by atoms with Gasteiger partial charge in [0.2, 0.25) is 0 Å². The van der Waals surface area contributed by atoms with E-state index in [1.165, 1.54) is 5.01 Å². The highest BCUT2D eigenvalue weighted by molar-refractivity contribution is 5.88. The molecule has 1 aliphatic heterocycles. The molecule has 0 amide bonds. The van der Waals surface area contributed by atoms with Gasteiger partial charge in [-0.25, -0.2) is 5.01 Å². The summed E-state index contributed by atoms with van der Waals surface area (Å²) in [6.07, 6.45) is 4.17. The van der Waals surface area contributed by atoms with Crippen molar-refractivity contribution in [1.82, 2.24) is 5.01 Å². The van der Waals surface area contributed by atoms with Gasteiger partial charge in [0.1, 0.15) is 23.6 Å². The fourth-order valence-corrected chi connectivity index (χ4v) is 3.19. The number of nitrogens with zero attached hydrogens (tertiary/aromatic N) is 3. The molecule has 3 heterocycles. The maximum Gasteiger partial charge on any atom is 0.128 e. The Hall–Kier alpha value is -2.57. The van der Waals surface area contributed by atoms with Crippen molar-refractivity contribution in [2.75, 3.05) is 0 Å². The molecule has 3 atom stereocenters. The molecule has 2 aromatic rings. The molecule has 7 nitrogen and oxygen atoms in total. The van der Waals surface area contributed by atoms with Gasteiger partial charge in [-0.15, -0.1) is 4.91 Å². The van der Waals surface area contributed by atoms with E-state index in [-0.39, 0.29) is 5.92 Å². The van der Waals surface area contributed by atoms with Crippen LogP contribution in [0.3, 0.4) is 0 Å². The first-order valence-corrected chi connectivity index (χ1v) is 7.19. The summed E-state index contributed by atoms with van der Waals surface area (Å²) >= 11 is 0. The average molecular weight is 303 g/mol. The van der Waals surface area contributed by atoms with E-state index in [0.717, 1.165) is 0 Å². The lowest BCUT2D eigenvalue weighted by Crippen LogP contribution is -2.42. The monoisotopic (exact) mass is 303 g/mol. The van der Waals surface area contributed by atoms with Crippen LogP contribution in [0.25, 0.3) is 0 Å². The van der Waals surface area contributed by atoms with E-state index in [2.05, 4.69) is 10.4 Å². The van der Waals surface area contributed by atoms with Gasteiger partial charge in [0.25, 0.3) is 0 Å². The minimum atomic E-state index is -0.424. The third-order valence-corrected chi connectivity index (χ3v) is 4.18. The molecule has 0 bridgehead atoms. The zero-order chi connectivity index (χ0) is 15.5. The van der Waals surface area contributed by atoms with Crippen LogP contribution in [0.4, 0.5) is 0 Å². The molecular formula is C15H17N3O4. The summed E-state index contributed by atoms with van der Waals surface area (Å²) in [5.41, 5.74) is 0.616. The van der Waals surface area contributed by atoms with Crippen LogP contribution in [-0.2, 0) is 0 Å². The van der Waals surface area contributed by atoms with E-state index in [1.54, 1.807) is 36.8 Å². The minimum Gasteiger partial charge on any atom is -0.467 e. The molecule has 116 valence electrons. The normalized spacial score (nSPS) is 27.2. The second kappa shape index (κ2) is 6.05. The molecule has 1 saturated heterocycles. The lowest BCUT2D eigenvalue weighted by Gasteiger charge is -2.40. The van der Waals surface area contributed by atoms with Crippen molar-refractivity contribution in [3.63, 3.8) is 0 Å². The Kier molecular flexibility index (Phi) is 3.95. The fraction of sp³-hybridized carbons (Fsp3) is 0.400. The molecule has 0 aromatic carbocycles. The van der Waals surface area contributed by atoms with Gasteiger partial charge in [-0.2, -0.15) is 0 Å². The number of hydrogen-bond donors (Lipinski definition) is 1. The van der Waals surface area contributed by atoms with Crippen LogP contribution in [-0.4, -0.2) is 15.9 Å². The lowest BCUT2D eigenvalue weighted by atomic mass is 9.81. The van der Waals surface area contributed by atoms with Gasteiger partial charge in [-0.05, 0) is 30.7 Å². The van der Waals surface area contributed by atoms with Crippen LogP contribution in [0.1, 0.15) is 43.4 Å². The van der Waals surface area contributed by atoms with E-state index in [9.17, 15) is 10.1 Å². The van der Waals surface area contributed by atoms with E-state index in [0.29, 0.717) is 30.1 Å². The van der Waals surface area contributed by atoms with Gasteiger partial charge in [-0.1, -0.05) is 12.1 Å². The summed E-state index contributed by atoms with van der Waals surface area (Å²) in [6, 6.07) is 6.25. The number of furan rings is 2. The van der Waals surface area contributed by atoms with E-state index < -0.39 is 12.1 Å². The topological polar surface area (TPSA) is 91.5 Å². The Morgan fingerprint density at radius 1 is 1.27 bits per heavy atom. The van der Waals surface area contributed by atoms with Gasteiger partial charge in [-0.3, -0.25) is 0 Å². The first-order valence-electron chi connectivity index (χ1n) is 7.19. The molecular weight excluding hydrogens is 286 g/mol. The van der Waals surface area contributed by atoms with E-state index >= 15 is 0 Å². The van der Waals surface area contributed by atoms with Crippen LogP contribution in [0.2, 0.25) is 0 Å². The van der Waals surface area contributed by atoms with Crippen LogP contribution in [0.5, 0.6) is 0 Å². The number of piperidine rings is 1. The van der Waals surface area contributed by atoms with Gasteiger partial charge in [0, 0.05) is 12.3 Å². The lowest BCUT2D eigenvalue weighted by molar-refractivity contribution is 0.0629. The third-order valence-electron chi connectivity index (χ3n) is 4.18. The molecule has 3 unspecified atom stereocenters. The van der Waals surface area contributed by atoms with Crippen molar-refractivity contribution < 1.29 is 14.0 Å². The number of nitroso groups, excluding NO2 is 1. The molecule has 1 aliphatic rings. The molecule has 0 spiro atoms. The molecule has 3 rings (SSSR count).